The minimum Gasteiger partial charge on any atom is -0.160 e. The molecule has 3 rings (SSSR count). The van der Waals surface area contributed by atoms with Crippen molar-refractivity contribution in [3.05, 3.63) is 53.6 Å². The number of rotatable bonds is 2. The molecule has 3 heteroatoms. The summed E-state index contributed by atoms with van der Waals surface area (Å²) in [6, 6.07) is 15.1. The molecule has 0 aliphatic heterocycles. The van der Waals surface area contributed by atoms with Gasteiger partial charge in [0.25, 0.3) is 0 Å². The third-order valence-corrected chi connectivity index (χ3v) is 8.78. The molecule has 0 N–H and O–H groups in total. The first-order valence-electron chi connectivity index (χ1n) is 6.09. The van der Waals surface area contributed by atoms with E-state index < -0.39 is 7.38 Å². The van der Waals surface area contributed by atoms with Crippen molar-refractivity contribution >= 4 is 35.3 Å². The summed E-state index contributed by atoms with van der Waals surface area (Å²) in [7, 11) is -2.01. The summed E-state index contributed by atoms with van der Waals surface area (Å²) in [6.07, 6.45) is 0.994. The third-order valence-electron chi connectivity index (χ3n) is 3.66. The van der Waals surface area contributed by atoms with Crippen molar-refractivity contribution in [2.24, 2.45) is 0 Å². The topological polar surface area (TPSA) is 0 Å². The molecular formula is C15H14Cl2Si. The first-order valence-corrected chi connectivity index (χ1v) is 10.3. The van der Waals surface area contributed by atoms with Gasteiger partial charge in [0.1, 0.15) is 0 Å². The van der Waals surface area contributed by atoms with Gasteiger partial charge in [0.05, 0.1) is 0 Å². The lowest BCUT2D eigenvalue weighted by molar-refractivity contribution is 1.28. The van der Waals surface area contributed by atoms with Crippen LogP contribution >= 0.6 is 22.7 Å². The van der Waals surface area contributed by atoms with Crippen molar-refractivity contribution in [2.75, 3.05) is 5.50 Å². The van der Waals surface area contributed by atoms with Crippen molar-refractivity contribution in [3.8, 4) is 11.1 Å². The van der Waals surface area contributed by atoms with Crippen LogP contribution in [0.4, 0.5) is 0 Å². The molecule has 0 nitrogen and oxygen atoms in total. The smallest absolute Gasteiger partial charge is 0.160 e. The van der Waals surface area contributed by atoms with Crippen molar-refractivity contribution < 1.29 is 0 Å². The zero-order chi connectivity index (χ0) is 12.8. The normalized spacial score (nSPS) is 15.9. The molecule has 0 fully saturated rings. The number of halogens is 2. The van der Waals surface area contributed by atoms with E-state index >= 15 is 0 Å². The lowest BCUT2D eigenvalue weighted by Gasteiger charge is -2.20. The molecule has 1 aliphatic carbocycles. The molecule has 18 heavy (non-hydrogen) atoms. The summed E-state index contributed by atoms with van der Waals surface area (Å²) >= 11 is 12.8. The average molecular weight is 293 g/mol. The van der Waals surface area contributed by atoms with Crippen LogP contribution in [0, 0.1) is 0 Å². The van der Waals surface area contributed by atoms with E-state index in [0.29, 0.717) is 5.50 Å². The fourth-order valence-electron chi connectivity index (χ4n) is 2.72. The molecule has 0 aromatic heterocycles. The number of alkyl halides is 1. The molecule has 1 aliphatic rings. The van der Waals surface area contributed by atoms with Crippen LogP contribution in [0.15, 0.2) is 42.5 Å². The molecule has 0 spiro atoms. The van der Waals surface area contributed by atoms with E-state index in [1.807, 2.05) is 0 Å². The van der Waals surface area contributed by atoms with Crippen LogP contribution in [0.2, 0.25) is 6.55 Å². The Morgan fingerprint density at radius 3 is 2.56 bits per heavy atom. The molecule has 2 aromatic rings. The maximum atomic E-state index is 6.68. The molecule has 92 valence electrons. The summed E-state index contributed by atoms with van der Waals surface area (Å²) in [4.78, 5) is 0. The lowest BCUT2D eigenvalue weighted by atomic mass is 10.1. The molecule has 1 unspecified atom stereocenters. The highest BCUT2D eigenvalue weighted by Gasteiger charge is 2.32. The second kappa shape index (κ2) is 4.41. The standard InChI is InChI=1S/C15H14Cl2Si/c1-18(17,10-16)15-8-4-7-13-12-6-3-2-5-11(12)9-14(13)15/h2-8H,9-10H2,1H3. The van der Waals surface area contributed by atoms with Gasteiger partial charge in [-0.25, -0.2) is 0 Å². The fraction of sp³-hybridized carbons (Fsp3) is 0.200. The van der Waals surface area contributed by atoms with Gasteiger partial charge in [-0.15, -0.1) is 11.6 Å². The van der Waals surface area contributed by atoms with Crippen LogP contribution in [0.1, 0.15) is 11.1 Å². The van der Waals surface area contributed by atoms with Gasteiger partial charge in [0.15, 0.2) is 7.38 Å². The zero-order valence-corrected chi connectivity index (χ0v) is 12.7. The minimum atomic E-state index is -2.01. The summed E-state index contributed by atoms with van der Waals surface area (Å²) in [5, 5.41) is 1.30. The molecule has 0 radical (unpaired) electrons. The van der Waals surface area contributed by atoms with Crippen LogP contribution in [0.3, 0.4) is 0 Å². The zero-order valence-electron chi connectivity index (χ0n) is 10.2. The minimum absolute atomic E-state index is 0.557. The van der Waals surface area contributed by atoms with Gasteiger partial charge in [-0.05, 0) is 33.9 Å². The monoisotopic (exact) mass is 292 g/mol. The van der Waals surface area contributed by atoms with Crippen molar-refractivity contribution in [1.29, 1.82) is 0 Å². The van der Waals surface area contributed by atoms with E-state index in [1.165, 1.54) is 27.4 Å². The highest BCUT2D eigenvalue weighted by Crippen LogP contribution is 2.36. The van der Waals surface area contributed by atoms with Gasteiger partial charge in [-0.2, -0.15) is 11.1 Å². The Morgan fingerprint density at radius 2 is 1.78 bits per heavy atom. The SMILES string of the molecule is C[Si](Cl)(CCl)c1cccc2c1Cc1ccccc1-2. The van der Waals surface area contributed by atoms with Crippen LogP contribution < -0.4 is 5.19 Å². The van der Waals surface area contributed by atoms with E-state index in [2.05, 4.69) is 49.0 Å². The molecule has 0 saturated heterocycles. The first kappa shape index (κ1) is 12.3. The second-order valence-corrected chi connectivity index (χ2v) is 11.5. The second-order valence-electron chi connectivity index (χ2n) is 5.00. The Hall–Kier alpha value is -0.763. The summed E-state index contributed by atoms with van der Waals surface area (Å²) in [5.41, 5.74) is 6.04. The van der Waals surface area contributed by atoms with Crippen LogP contribution in [-0.2, 0) is 6.42 Å². The Labute approximate surface area is 118 Å². The molecule has 0 saturated carbocycles. The molecule has 2 aromatic carbocycles. The maximum Gasteiger partial charge on any atom is 0.198 e. The van der Waals surface area contributed by atoms with Gasteiger partial charge < -0.3 is 0 Å². The first-order chi connectivity index (χ1) is 8.63. The quantitative estimate of drug-likeness (QED) is 0.380. The maximum absolute atomic E-state index is 6.68. The molecule has 0 bridgehead atoms. The fourth-order valence-corrected chi connectivity index (χ4v) is 5.12. The van der Waals surface area contributed by atoms with E-state index in [4.69, 9.17) is 22.7 Å². The Kier molecular flexibility index (Phi) is 3.01. The predicted octanol–water partition coefficient (Wildman–Crippen LogP) is 4.06. The summed E-state index contributed by atoms with van der Waals surface area (Å²) < 4.78 is 0. The van der Waals surface area contributed by atoms with Crippen LogP contribution in [-0.4, -0.2) is 12.9 Å². The molecule has 1 atom stereocenters. The van der Waals surface area contributed by atoms with E-state index in [-0.39, 0.29) is 0 Å². The Bertz CT molecular complexity index is 605. The Morgan fingerprint density at radius 1 is 1.06 bits per heavy atom. The van der Waals surface area contributed by atoms with Crippen molar-refractivity contribution in [3.63, 3.8) is 0 Å². The van der Waals surface area contributed by atoms with E-state index in [9.17, 15) is 0 Å². The van der Waals surface area contributed by atoms with Crippen LogP contribution in [0.5, 0.6) is 0 Å². The lowest BCUT2D eigenvalue weighted by Crippen LogP contribution is -2.43. The summed E-state index contributed by atoms with van der Waals surface area (Å²) in [5.74, 6) is 0. The number of benzene rings is 2. The summed E-state index contributed by atoms with van der Waals surface area (Å²) in [6.45, 7) is 2.13. The highest BCUT2D eigenvalue weighted by molar-refractivity contribution is 7.28. The third kappa shape index (κ3) is 1.82. The van der Waals surface area contributed by atoms with Crippen molar-refractivity contribution in [1.82, 2.24) is 0 Å². The van der Waals surface area contributed by atoms with Gasteiger partial charge in [-0.1, -0.05) is 49.0 Å². The molecule has 0 amide bonds. The van der Waals surface area contributed by atoms with Gasteiger partial charge in [0, 0.05) is 5.50 Å². The molecule has 0 heterocycles. The van der Waals surface area contributed by atoms with E-state index in [0.717, 1.165) is 6.42 Å². The Balaban J connectivity index is 2.20. The van der Waals surface area contributed by atoms with Gasteiger partial charge >= 0.3 is 0 Å². The average Bonchev–Trinajstić information content (AvgIpc) is 2.77. The van der Waals surface area contributed by atoms with E-state index in [1.54, 1.807) is 0 Å². The van der Waals surface area contributed by atoms with Crippen molar-refractivity contribution in [2.45, 2.75) is 13.0 Å². The van der Waals surface area contributed by atoms with Gasteiger partial charge in [-0.3, -0.25) is 0 Å². The van der Waals surface area contributed by atoms with Crippen LogP contribution in [0.25, 0.3) is 11.1 Å². The molecular weight excluding hydrogens is 279 g/mol. The largest absolute Gasteiger partial charge is 0.198 e. The predicted molar refractivity (Wildman–Crippen MR) is 82.5 cm³/mol. The number of hydrogen-bond donors (Lipinski definition) is 0. The number of hydrogen-bond acceptors (Lipinski definition) is 0. The highest BCUT2D eigenvalue weighted by atomic mass is 35.6. The van der Waals surface area contributed by atoms with Gasteiger partial charge in [0.2, 0.25) is 0 Å². The number of fused-ring (bicyclic) bond motifs is 3.